The largest absolute Gasteiger partial charge is 0.404 e. The number of hydrogen-bond donors (Lipinski definition) is 1. The predicted molar refractivity (Wildman–Crippen MR) is 154 cm³/mol. The average Bonchev–Trinajstić information content (AvgIpc) is 3.21. The fourth-order valence-corrected chi connectivity index (χ4v) is 5.46. The molecule has 1 aliphatic heterocycles. The van der Waals surface area contributed by atoms with Crippen LogP contribution in [0.25, 0.3) is 38.9 Å². The average molecular weight is 547 g/mol. The molecule has 0 bridgehead atoms. The second-order valence-corrected chi connectivity index (χ2v) is 10.9. The number of piperidine rings is 1. The second kappa shape index (κ2) is 11.0. The maximum atomic E-state index is 13.5. The van der Waals surface area contributed by atoms with Gasteiger partial charge in [-0.25, -0.2) is 9.78 Å². The Morgan fingerprint density at radius 2 is 2.05 bits per heavy atom. The Balaban J connectivity index is 1.59. The zero-order chi connectivity index (χ0) is 27.7. The zero-order valence-electron chi connectivity index (χ0n) is 22.1. The molecule has 12 heteroatoms. The summed E-state index contributed by atoms with van der Waals surface area (Å²) in [5.41, 5.74) is 11.2. The monoisotopic (exact) mass is 546 g/mol. The van der Waals surface area contributed by atoms with Crippen LogP contribution in [0.4, 0.5) is 0 Å². The number of rotatable bonds is 6. The van der Waals surface area contributed by atoms with Crippen LogP contribution in [0.2, 0.25) is 0 Å². The van der Waals surface area contributed by atoms with Crippen molar-refractivity contribution in [3.63, 3.8) is 0 Å². The number of likely N-dealkylation sites (tertiary alicyclic amines) is 1. The summed E-state index contributed by atoms with van der Waals surface area (Å²) >= 11 is 0. The summed E-state index contributed by atoms with van der Waals surface area (Å²) in [7, 11) is 1.87. The Morgan fingerprint density at radius 3 is 2.74 bits per heavy atom. The number of allylic oxidation sites excluding steroid dienone is 1. The van der Waals surface area contributed by atoms with Crippen LogP contribution in [0.1, 0.15) is 24.6 Å². The van der Waals surface area contributed by atoms with Gasteiger partial charge in [0.05, 0.1) is 57.5 Å². The SMILES string of the molecule is CN=CC(=CN)c1ccc(-c2ccc3ncc4c(c3n2)n(C2CCCN(CC(=O)S(C)=O)C2)c(=O)n4C)cn1. The van der Waals surface area contributed by atoms with Crippen molar-refractivity contribution in [2.24, 2.45) is 17.8 Å². The van der Waals surface area contributed by atoms with E-state index >= 15 is 0 Å². The standard InChI is InChI=1S/C27H30N8O3S/c1-29-12-18(11-28)20-7-6-17(13-30-20)21-8-9-22-25(32-21)26-23(14-31-22)33(2)27(37)35(26)19-5-4-10-34(15-19)16-24(36)39(3)38/h6-9,11-14,19H,4-5,10,15-16,28H2,1-3H3. The van der Waals surface area contributed by atoms with Gasteiger partial charge in [0.1, 0.15) is 5.52 Å². The van der Waals surface area contributed by atoms with E-state index in [1.807, 2.05) is 29.2 Å². The van der Waals surface area contributed by atoms with E-state index in [4.69, 9.17) is 10.7 Å². The summed E-state index contributed by atoms with van der Waals surface area (Å²) in [6.07, 6.45) is 9.55. The molecule has 5 heterocycles. The summed E-state index contributed by atoms with van der Waals surface area (Å²) < 4.78 is 15.0. The quantitative estimate of drug-likeness (QED) is 0.362. The molecule has 202 valence electrons. The molecule has 0 radical (unpaired) electrons. The third-order valence-corrected chi connectivity index (χ3v) is 7.85. The van der Waals surface area contributed by atoms with Crippen molar-refractivity contribution in [2.75, 3.05) is 32.9 Å². The van der Waals surface area contributed by atoms with Crippen LogP contribution in [-0.4, -0.2) is 77.5 Å². The van der Waals surface area contributed by atoms with E-state index in [2.05, 4.69) is 15.0 Å². The number of imidazole rings is 1. The highest BCUT2D eigenvalue weighted by atomic mass is 32.2. The number of nitrogens with two attached hydrogens (primary N) is 1. The number of hydrogen-bond acceptors (Lipinski definition) is 9. The summed E-state index contributed by atoms with van der Waals surface area (Å²) in [5, 5.41) is -0.308. The normalized spacial score (nSPS) is 17.8. The molecule has 0 spiro atoms. The van der Waals surface area contributed by atoms with Crippen LogP contribution >= 0.6 is 0 Å². The Labute approximate surface area is 227 Å². The highest BCUT2D eigenvalue weighted by molar-refractivity contribution is 7.99. The molecule has 5 rings (SSSR count). The van der Waals surface area contributed by atoms with Crippen molar-refractivity contribution in [1.82, 2.24) is 29.0 Å². The van der Waals surface area contributed by atoms with E-state index in [-0.39, 0.29) is 23.4 Å². The van der Waals surface area contributed by atoms with Gasteiger partial charge < -0.3 is 5.73 Å². The Kier molecular flexibility index (Phi) is 7.49. The van der Waals surface area contributed by atoms with Gasteiger partial charge >= 0.3 is 5.69 Å². The van der Waals surface area contributed by atoms with Gasteiger partial charge in [0.2, 0.25) is 5.12 Å². The Morgan fingerprint density at radius 1 is 1.23 bits per heavy atom. The maximum absolute atomic E-state index is 13.5. The van der Waals surface area contributed by atoms with Crippen molar-refractivity contribution in [2.45, 2.75) is 18.9 Å². The molecule has 4 aromatic rings. The van der Waals surface area contributed by atoms with Crippen LogP contribution in [0, 0.1) is 0 Å². The molecule has 0 aliphatic carbocycles. The molecule has 2 unspecified atom stereocenters. The number of aliphatic imine (C=N–C) groups is 1. The molecule has 1 aliphatic rings. The second-order valence-electron chi connectivity index (χ2n) is 9.57. The number of aryl methyl sites for hydroxylation is 1. The van der Waals surface area contributed by atoms with E-state index in [0.29, 0.717) is 45.6 Å². The lowest BCUT2D eigenvalue weighted by Crippen LogP contribution is -2.42. The van der Waals surface area contributed by atoms with E-state index in [9.17, 15) is 13.8 Å². The number of nitrogens with zero attached hydrogens (tertiary/aromatic N) is 7. The lowest BCUT2D eigenvalue weighted by atomic mass is 10.1. The number of carbonyl (C=O) groups excluding carboxylic acids is 1. The van der Waals surface area contributed by atoms with Gasteiger partial charge in [-0.3, -0.25) is 38.0 Å². The molecule has 2 atom stereocenters. The van der Waals surface area contributed by atoms with Crippen LogP contribution in [0.3, 0.4) is 0 Å². The summed E-state index contributed by atoms with van der Waals surface area (Å²) in [6, 6.07) is 7.40. The van der Waals surface area contributed by atoms with Crippen molar-refractivity contribution in [3.05, 3.63) is 59.0 Å². The summed E-state index contributed by atoms with van der Waals surface area (Å²) in [6.45, 7) is 1.34. The van der Waals surface area contributed by atoms with Crippen LogP contribution in [-0.2, 0) is 22.6 Å². The van der Waals surface area contributed by atoms with Gasteiger partial charge in [0.25, 0.3) is 0 Å². The Bertz CT molecular complexity index is 1700. The minimum absolute atomic E-state index is 0.109. The van der Waals surface area contributed by atoms with Crippen LogP contribution in [0.15, 0.2) is 52.6 Å². The molecule has 4 aromatic heterocycles. The minimum atomic E-state index is -1.53. The lowest BCUT2D eigenvalue weighted by Gasteiger charge is -2.32. The van der Waals surface area contributed by atoms with Crippen LogP contribution < -0.4 is 11.4 Å². The fraction of sp³-hybridized carbons (Fsp3) is 0.333. The maximum Gasteiger partial charge on any atom is 0.329 e. The number of pyridine rings is 3. The van der Waals surface area contributed by atoms with Crippen molar-refractivity contribution in [1.29, 1.82) is 0 Å². The zero-order valence-corrected chi connectivity index (χ0v) is 22.9. The molecule has 2 N–H and O–H groups in total. The van der Waals surface area contributed by atoms with E-state index in [0.717, 1.165) is 24.9 Å². The fourth-order valence-electron chi connectivity index (χ4n) is 5.09. The van der Waals surface area contributed by atoms with Gasteiger partial charge in [-0.05, 0) is 43.7 Å². The van der Waals surface area contributed by atoms with Crippen molar-refractivity contribution in [3.8, 4) is 11.3 Å². The van der Waals surface area contributed by atoms with Gasteiger partial charge in [-0.2, -0.15) is 0 Å². The first-order chi connectivity index (χ1) is 18.8. The smallest absolute Gasteiger partial charge is 0.329 e. The topological polar surface area (TPSA) is 141 Å². The lowest BCUT2D eigenvalue weighted by molar-refractivity contribution is -0.112. The summed E-state index contributed by atoms with van der Waals surface area (Å²) in [4.78, 5) is 45.7. The third-order valence-electron chi connectivity index (χ3n) is 7.08. The highest BCUT2D eigenvalue weighted by Crippen LogP contribution is 2.30. The first-order valence-corrected chi connectivity index (χ1v) is 14.1. The van der Waals surface area contributed by atoms with Gasteiger partial charge in [-0.15, -0.1) is 0 Å². The van der Waals surface area contributed by atoms with Gasteiger partial charge in [0, 0.05) is 56.6 Å². The molecular formula is C27H30N8O3S. The third kappa shape index (κ3) is 5.04. The van der Waals surface area contributed by atoms with Crippen molar-refractivity contribution >= 4 is 49.8 Å². The molecule has 11 nitrogen and oxygen atoms in total. The number of aromatic nitrogens is 5. The van der Waals surface area contributed by atoms with Crippen LogP contribution in [0.5, 0.6) is 0 Å². The van der Waals surface area contributed by atoms with E-state index < -0.39 is 10.8 Å². The Hall–Kier alpha value is -4.03. The molecule has 0 aromatic carbocycles. The molecule has 1 fully saturated rings. The van der Waals surface area contributed by atoms with E-state index in [1.54, 1.807) is 41.8 Å². The van der Waals surface area contributed by atoms with E-state index in [1.165, 1.54) is 12.5 Å². The first kappa shape index (κ1) is 26.6. The van der Waals surface area contributed by atoms with Gasteiger partial charge in [0.15, 0.2) is 0 Å². The first-order valence-electron chi connectivity index (χ1n) is 12.6. The molecule has 39 heavy (non-hydrogen) atoms. The summed E-state index contributed by atoms with van der Waals surface area (Å²) in [5.74, 6) is 0. The molecule has 1 saturated heterocycles. The predicted octanol–water partition coefficient (Wildman–Crippen LogP) is 1.89. The molecule has 0 amide bonds. The minimum Gasteiger partial charge on any atom is -0.404 e. The van der Waals surface area contributed by atoms with Gasteiger partial charge in [-0.1, -0.05) is 0 Å². The molecule has 0 saturated carbocycles. The number of fused-ring (bicyclic) bond motifs is 3. The van der Waals surface area contributed by atoms with Crippen molar-refractivity contribution < 1.29 is 9.00 Å². The number of carbonyl (C=O) groups is 1. The molecular weight excluding hydrogens is 516 g/mol. The highest BCUT2D eigenvalue weighted by Gasteiger charge is 2.28.